The van der Waals surface area contributed by atoms with Gasteiger partial charge in [0.05, 0.1) is 11.6 Å². The molecule has 0 spiro atoms. The molecular formula is C14H13BrO3. The van der Waals surface area contributed by atoms with Crippen molar-refractivity contribution in [2.24, 2.45) is 0 Å². The van der Waals surface area contributed by atoms with Gasteiger partial charge in [-0.1, -0.05) is 6.07 Å². The summed E-state index contributed by atoms with van der Waals surface area (Å²) in [6, 6.07) is 12.7. The molecule has 0 amide bonds. The number of rotatable bonds is 4. The Kier molecular flexibility index (Phi) is 4.10. The van der Waals surface area contributed by atoms with Gasteiger partial charge in [0, 0.05) is 0 Å². The number of benzene rings is 2. The van der Waals surface area contributed by atoms with Crippen LogP contribution < -0.4 is 9.47 Å². The number of ether oxygens (including phenoxy) is 2. The summed E-state index contributed by atoms with van der Waals surface area (Å²) in [6.07, 6.45) is 0. The molecule has 1 N–H and O–H groups in total. The molecule has 3 nitrogen and oxygen atoms in total. The van der Waals surface area contributed by atoms with Gasteiger partial charge in [-0.05, 0) is 57.9 Å². The fourth-order valence-corrected chi connectivity index (χ4v) is 1.73. The van der Waals surface area contributed by atoms with E-state index in [-0.39, 0.29) is 5.75 Å². The first-order valence-corrected chi connectivity index (χ1v) is 6.22. The third-order valence-electron chi connectivity index (χ3n) is 2.48. The molecule has 94 valence electrons. The number of phenolic OH excluding ortho intramolecular Hbond substituents is 1. The standard InChI is InChI=1S/C14H13BrO3/c1-17-11-3-5-12(6-4-11)18-9-10-2-7-13(15)14(16)8-10/h2-8,16H,9H2,1H3. The highest BCUT2D eigenvalue weighted by molar-refractivity contribution is 9.10. The van der Waals surface area contributed by atoms with Crippen molar-refractivity contribution in [3.8, 4) is 17.2 Å². The number of phenols is 1. The Morgan fingerprint density at radius 1 is 1.06 bits per heavy atom. The average molecular weight is 309 g/mol. The van der Waals surface area contributed by atoms with E-state index in [2.05, 4.69) is 15.9 Å². The number of hydrogen-bond donors (Lipinski definition) is 1. The van der Waals surface area contributed by atoms with Crippen LogP contribution in [0.15, 0.2) is 46.9 Å². The van der Waals surface area contributed by atoms with E-state index in [0.717, 1.165) is 17.1 Å². The summed E-state index contributed by atoms with van der Waals surface area (Å²) in [6.45, 7) is 0.410. The summed E-state index contributed by atoms with van der Waals surface area (Å²) in [7, 11) is 1.63. The largest absolute Gasteiger partial charge is 0.507 e. The summed E-state index contributed by atoms with van der Waals surface area (Å²) < 4.78 is 11.3. The van der Waals surface area contributed by atoms with E-state index in [1.165, 1.54) is 0 Å². The predicted molar refractivity (Wildman–Crippen MR) is 73.1 cm³/mol. The molecule has 18 heavy (non-hydrogen) atoms. The maximum Gasteiger partial charge on any atom is 0.130 e. The smallest absolute Gasteiger partial charge is 0.130 e. The Morgan fingerprint density at radius 2 is 1.72 bits per heavy atom. The monoisotopic (exact) mass is 308 g/mol. The van der Waals surface area contributed by atoms with Crippen LogP contribution in [0.25, 0.3) is 0 Å². The summed E-state index contributed by atoms with van der Waals surface area (Å²) in [5.74, 6) is 1.77. The van der Waals surface area contributed by atoms with Gasteiger partial charge in [0.25, 0.3) is 0 Å². The minimum atomic E-state index is 0.214. The molecule has 0 aliphatic carbocycles. The molecule has 0 radical (unpaired) electrons. The molecule has 0 fully saturated rings. The second-order valence-electron chi connectivity index (χ2n) is 3.75. The molecule has 0 saturated carbocycles. The van der Waals surface area contributed by atoms with E-state index >= 15 is 0 Å². The quantitative estimate of drug-likeness (QED) is 0.935. The van der Waals surface area contributed by atoms with Crippen LogP contribution in [-0.4, -0.2) is 12.2 Å². The predicted octanol–water partition coefficient (Wildman–Crippen LogP) is 3.74. The van der Waals surface area contributed by atoms with Crippen LogP contribution in [0.2, 0.25) is 0 Å². The average Bonchev–Trinajstić information content (AvgIpc) is 2.41. The van der Waals surface area contributed by atoms with Gasteiger partial charge in [-0.2, -0.15) is 0 Å². The fraction of sp³-hybridized carbons (Fsp3) is 0.143. The van der Waals surface area contributed by atoms with Crippen LogP contribution in [0.5, 0.6) is 17.2 Å². The minimum absolute atomic E-state index is 0.214. The van der Waals surface area contributed by atoms with E-state index in [1.807, 2.05) is 30.3 Å². The van der Waals surface area contributed by atoms with E-state index in [9.17, 15) is 5.11 Å². The Morgan fingerprint density at radius 3 is 2.33 bits per heavy atom. The zero-order valence-corrected chi connectivity index (χ0v) is 11.5. The van der Waals surface area contributed by atoms with Gasteiger partial charge < -0.3 is 14.6 Å². The normalized spacial score (nSPS) is 10.1. The van der Waals surface area contributed by atoms with Gasteiger partial charge >= 0.3 is 0 Å². The Labute approximate surface area is 114 Å². The lowest BCUT2D eigenvalue weighted by Gasteiger charge is -2.08. The molecule has 0 aromatic heterocycles. The third kappa shape index (κ3) is 3.17. The lowest BCUT2D eigenvalue weighted by Crippen LogP contribution is -1.95. The van der Waals surface area contributed by atoms with Gasteiger partial charge in [-0.15, -0.1) is 0 Å². The van der Waals surface area contributed by atoms with Crippen molar-refractivity contribution in [2.45, 2.75) is 6.61 Å². The lowest BCUT2D eigenvalue weighted by atomic mass is 10.2. The van der Waals surface area contributed by atoms with Crippen molar-refractivity contribution in [1.82, 2.24) is 0 Å². The second-order valence-corrected chi connectivity index (χ2v) is 4.60. The van der Waals surface area contributed by atoms with E-state index in [4.69, 9.17) is 9.47 Å². The number of aromatic hydroxyl groups is 1. The third-order valence-corrected chi connectivity index (χ3v) is 3.15. The van der Waals surface area contributed by atoms with Gasteiger partial charge in [0.1, 0.15) is 23.9 Å². The summed E-state index contributed by atoms with van der Waals surface area (Å²) in [5.41, 5.74) is 0.909. The maximum absolute atomic E-state index is 9.55. The van der Waals surface area contributed by atoms with Crippen LogP contribution in [0, 0.1) is 0 Å². The van der Waals surface area contributed by atoms with E-state index < -0.39 is 0 Å². The van der Waals surface area contributed by atoms with Crippen molar-refractivity contribution in [3.05, 3.63) is 52.5 Å². The summed E-state index contributed by atoms with van der Waals surface area (Å²) in [5, 5.41) is 9.55. The summed E-state index contributed by atoms with van der Waals surface area (Å²) >= 11 is 3.24. The number of halogens is 1. The Bertz CT molecular complexity index is 523. The SMILES string of the molecule is COc1ccc(OCc2ccc(Br)c(O)c2)cc1. The molecule has 0 atom stereocenters. The van der Waals surface area contributed by atoms with Crippen LogP contribution in [-0.2, 0) is 6.61 Å². The highest BCUT2D eigenvalue weighted by Gasteiger charge is 2.01. The molecule has 0 unspecified atom stereocenters. The Balaban J connectivity index is 1.99. The molecule has 0 heterocycles. The number of hydrogen-bond acceptors (Lipinski definition) is 3. The molecule has 2 rings (SSSR count). The van der Waals surface area contributed by atoms with E-state index in [1.54, 1.807) is 19.2 Å². The molecule has 2 aromatic rings. The van der Waals surface area contributed by atoms with Gasteiger partial charge in [-0.25, -0.2) is 0 Å². The molecule has 4 heteroatoms. The van der Waals surface area contributed by atoms with Crippen LogP contribution in [0.3, 0.4) is 0 Å². The van der Waals surface area contributed by atoms with Crippen molar-refractivity contribution in [1.29, 1.82) is 0 Å². The zero-order valence-electron chi connectivity index (χ0n) is 9.89. The minimum Gasteiger partial charge on any atom is -0.507 e. The van der Waals surface area contributed by atoms with Crippen molar-refractivity contribution in [2.75, 3.05) is 7.11 Å². The highest BCUT2D eigenvalue weighted by atomic mass is 79.9. The van der Waals surface area contributed by atoms with E-state index in [0.29, 0.717) is 11.1 Å². The highest BCUT2D eigenvalue weighted by Crippen LogP contribution is 2.25. The molecule has 0 saturated heterocycles. The van der Waals surface area contributed by atoms with Crippen LogP contribution in [0.1, 0.15) is 5.56 Å². The van der Waals surface area contributed by atoms with Gasteiger partial charge in [-0.3, -0.25) is 0 Å². The maximum atomic E-state index is 9.55. The topological polar surface area (TPSA) is 38.7 Å². The first-order chi connectivity index (χ1) is 8.69. The molecule has 2 aromatic carbocycles. The Hall–Kier alpha value is -1.68. The van der Waals surface area contributed by atoms with Crippen LogP contribution in [0.4, 0.5) is 0 Å². The van der Waals surface area contributed by atoms with Crippen molar-refractivity contribution < 1.29 is 14.6 Å². The van der Waals surface area contributed by atoms with Gasteiger partial charge in [0.15, 0.2) is 0 Å². The second kappa shape index (κ2) is 5.78. The molecule has 0 aliphatic rings. The summed E-state index contributed by atoms with van der Waals surface area (Å²) in [4.78, 5) is 0. The van der Waals surface area contributed by atoms with Crippen molar-refractivity contribution in [3.63, 3.8) is 0 Å². The molecule has 0 aliphatic heterocycles. The van der Waals surface area contributed by atoms with Crippen LogP contribution >= 0.6 is 15.9 Å². The zero-order chi connectivity index (χ0) is 13.0. The fourth-order valence-electron chi connectivity index (χ4n) is 1.49. The molecule has 0 bridgehead atoms. The lowest BCUT2D eigenvalue weighted by molar-refractivity contribution is 0.304. The molecular weight excluding hydrogens is 296 g/mol. The first-order valence-electron chi connectivity index (χ1n) is 5.43. The van der Waals surface area contributed by atoms with Crippen molar-refractivity contribution >= 4 is 15.9 Å². The first kappa shape index (κ1) is 12.8. The van der Waals surface area contributed by atoms with Gasteiger partial charge in [0.2, 0.25) is 0 Å². The number of methoxy groups -OCH3 is 1.